The predicted molar refractivity (Wildman–Crippen MR) is 85.0 cm³/mol. The standard InChI is InChI=1S/C18H22O3/c1-4-11-7-8-12(5-2)16(13(11)6-3)17-14(19)9-10-15(20)18(17)21/h7-10,19-21H,4-6H2,1-3H3. The molecule has 0 amide bonds. The smallest absolute Gasteiger partial charge is 0.169 e. The normalized spacial score (nSPS) is 10.8. The molecule has 0 aliphatic rings. The van der Waals surface area contributed by atoms with Crippen LogP contribution in [0.15, 0.2) is 24.3 Å². The van der Waals surface area contributed by atoms with Gasteiger partial charge in [0.1, 0.15) is 5.75 Å². The SMILES string of the molecule is CCc1ccc(CC)c(-c2c(O)ccc(O)c2O)c1CC. The fourth-order valence-electron chi connectivity index (χ4n) is 2.90. The Morgan fingerprint density at radius 2 is 1.24 bits per heavy atom. The van der Waals surface area contributed by atoms with Gasteiger partial charge in [-0.1, -0.05) is 32.9 Å². The lowest BCUT2D eigenvalue weighted by atomic mass is 9.87. The largest absolute Gasteiger partial charge is 0.507 e. The number of rotatable bonds is 4. The molecular weight excluding hydrogens is 264 g/mol. The Bertz CT molecular complexity index is 660. The Labute approximate surface area is 125 Å². The minimum atomic E-state index is -0.257. The molecule has 2 rings (SSSR count). The van der Waals surface area contributed by atoms with Crippen LogP contribution in [0.3, 0.4) is 0 Å². The fraction of sp³-hybridized carbons (Fsp3) is 0.333. The second-order valence-electron chi connectivity index (χ2n) is 5.13. The summed E-state index contributed by atoms with van der Waals surface area (Å²) in [6, 6.07) is 6.87. The summed E-state index contributed by atoms with van der Waals surface area (Å²) < 4.78 is 0. The lowest BCUT2D eigenvalue weighted by Crippen LogP contribution is -2.00. The third-order valence-electron chi connectivity index (χ3n) is 4.00. The van der Waals surface area contributed by atoms with Crippen LogP contribution in [0.1, 0.15) is 37.5 Å². The van der Waals surface area contributed by atoms with Crippen molar-refractivity contribution in [3.63, 3.8) is 0 Å². The van der Waals surface area contributed by atoms with E-state index in [1.807, 2.05) is 13.0 Å². The molecule has 0 radical (unpaired) electrons. The van der Waals surface area contributed by atoms with Crippen LogP contribution in [0.2, 0.25) is 0 Å². The van der Waals surface area contributed by atoms with E-state index in [9.17, 15) is 15.3 Å². The van der Waals surface area contributed by atoms with Crippen molar-refractivity contribution < 1.29 is 15.3 Å². The molecule has 0 aliphatic heterocycles. The number of hydrogen-bond donors (Lipinski definition) is 3. The van der Waals surface area contributed by atoms with E-state index in [1.54, 1.807) is 0 Å². The number of phenolic OH excluding ortho intramolecular Hbond substituents is 3. The molecule has 0 aromatic heterocycles. The zero-order valence-electron chi connectivity index (χ0n) is 12.8. The molecule has 3 N–H and O–H groups in total. The van der Waals surface area contributed by atoms with Gasteiger partial charge in [-0.25, -0.2) is 0 Å². The summed E-state index contributed by atoms with van der Waals surface area (Å²) in [6.45, 7) is 6.20. The van der Waals surface area contributed by atoms with E-state index in [4.69, 9.17) is 0 Å². The van der Waals surface area contributed by atoms with Crippen LogP contribution in [0.25, 0.3) is 11.1 Å². The van der Waals surface area contributed by atoms with Crippen molar-refractivity contribution in [2.45, 2.75) is 40.0 Å². The monoisotopic (exact) mass is 286 g/mol. The summed E-state index contributed by atoms with van der Waals surface area (Å²) in [5.41, 5.74) is 4.56. The molecule has 112 valence electrons. The molecule has 0 saturated carbocycles. The third-order valence-corrected chi connectivity index (χ3v) is 4.00. The second kappa shape index (κ2) is 6.08. The molecule has 2 aromatic carbocycles. The first-order valence-corrected chi connectivity index (χ1v) is 7.42. The lowest BCUT2D eigenvalue weighted by Gasteiger charge is -2.19. The molecule has 2 aromatic rings. The fourth-order valence-corrected chi connectivity index (χ4v) is 2.90. The van der Waals surface area contributed by atoms with Crippen molar-refractivity contribution in [1.29, 1.82) is 0 Å². The van der Waals surface area contributed by atoms with Crippen molar-refractivity contribution in [1.82, 2.24) is 0 Å². The number of aromatic hydroxyl groups is 3. The first-order chi connectivity index (χ1) is 10.0. The molecule has 0 heterocycles. The van der Waals surface area contributed by atoms with Crippen molar-refractivity contribution >= 4 is 0 Å². The van der Waals surface area contributed by atoms with Gasteiger partial charge in [-0.15, -0.1) is 0 Å². The van der Waals surface area contributed by atoms with E-state index < -0.39 is 0 Å². The van der Waals surface area contributed by atoms with Crippen molar-refractivity contribution in [3.05, 3.63) is 41.0 Å². The molecular formula is C18H22O3. The zero-order chi connectivity index (χ0) is 15.6. The summed E-state index contributed by atoms with van der Waals surface area (Å²) >= 11 is 0. The van der Waals surface area contributed by atoms with Crippen LogP contribution in [0.4, 0.5) is 0 Å². The highest BCUT2D eigenvalue weighted by atomic mass is 16.3. The van der Waals surface area contributed by atoms with E-state index in [0.29, 0.717) is 5.56 Å². The van der Waals surface area contributed by atoms with Crippen LogP contribution < -0.4 is 0 Å². The highest BCUT2D eigenvalue weighted by Crippen LogP contribution is 2.46. The molecule has 3 nitrogen and oxygen atoms in total. The second-order valence-corrected chi connectivity index (χ2v) is 5.13. The Hall–Kier alpha value is -2.16. The first-order valence-electron chi connectivity index (χ1n) is 7.42. The van der Waals surface area contributed by atoms with E-state index in [2.05, 4.69) is 19.9 Å². The van der Waals surface area contributed by atoms with E-state index in [-0.39, 0.29) is 17.2 Å². The highest BCUT2D eigenvalue weighted by molar-refractivity contribution is 5.84. The van der Waals surface area contributed by atoms with Gasteiger partial charge < -0.3 is 15.3 Å². The maximum absolute atomic E-state index is 10.2. The number of phenols is 3. The Balaban J connectivity index is 2.88. The summed E-state index contributed by atoms with van der Waals surface area (Å²) in [7, 11) is 0. The molecule has 0 spiro atoms. The number of benzene rings is 2. The predicted octanol–water partition coefficient (Wildman–Crippen LogP) is 4.16. The van der Waals surface area contributed by atoms with Gasteiger partial charge in [0.25, 0.3) is 0 Å². The van der Waals surface area contributed by atoms with Gasteiger partial charge in [0, 0.05) is 0 Å². The lowest BCUT2D eigenvalue weighted by molar-refractivity contribution is 0.398. The molecule has 3 heteroatoms. The molecule has 21 heavy (non-hydrogen) atoms. The van der Waals surface area contributed by atoms with Crippen molar-refractivity contribution in [3.8, 4) is 28.4 Å². The average molecular weight is 286 g/mol. The van der Waals surface area contributed by atoms with E-state index in [0.717, 1.165) is 36.0 Å². The van der Waals surface area contributed by atoms with Gasteiger partial charge in [0.15, 0.2) is 11.5 Å². The van der Waals surface area contributed by atoms with Crippen molar-refractivity contribution in [2.24, 2.45) is 0 Å². The molecule has 0 saturated heterocycles. The molecule has 0 atom stereocenters. The molecule has 0 aliphatic carbocycles. The number of hydrogen-bond acceptors (Lipinski definition) is 3. The zero-order valence-corrected chi connectivity index (χ0v) is 12.8. The van der Waals surface area contributed by atoms with Gasteiger partial charge in [0.2, 0.25) is 0 Å². The Morgan fingerprint density at radius 1 is 0.667 bits per heavy atom. The molecule has 0 bridgehead atoms. The third kappa shape index (κ3) is 2.56. The van der Waals surface area contributed by atoms with Gasteiger partial charge in [-0.3, -0.25) is 0 Å². The molecule has 0 fully saturated rings. The summed E-state index contributed by atoms with van der Waals surface area (Å²) in [5.74, 6) is -0.482. The van der Waals surface area contributed by atoms with Crippen LogP contribution in [0, 0.1) is 0 Å². The summed E-state index contributed by atoms with van der Waals surface area (Å²) in [5, 5.41) is 30.2. The van der Waals surface area contributed by atoms with Gasteiger partial charge in [-0.2, -0.15) is 0 Å². The van der Waals surface area contributed by atoms with Crippen LogP contribution in [0.5, 0.6) is 17.2 Å². The van der Waals surface area contributed by atoms with E-state index >= 15 is 0 Å². The summed E-state index contributed by atoms with van der Waals surface area (Å²) in [4.78, 5) is 0. The van der Waals surface area contributed by atoms with Gasteiger partial charge >= 0.3 is 0 Å². The quantitative estimate of drug-likeness (QED) is 0.584. The van der Waals surface area contributed by atoms with Crippen LogP contribution >= 0.6 is 0 Å². The maximum atomic E-state index is 10.2. The maximum Gasteiger partial charge on any atom is 0.169 e. The number of aryl methyl sites for hydroxylation is 2. The highest BCUT2D eigenvalue weighted by Gasteiger charge is 2.20. The van der Waals surface area contributed by atoms with Crippen LogP contribution in [-0.4, -0.2) is 15.3 Å². The Morgan fingerprint density at radius 3 is 1.81 bits per heavy atom. The van der Waals surface area contributed by atoms with E-state index in [1.165, 1.54) is 17.7 Å². The summed E-state index contributed by atoms with van der Waals surface area (Å²) in [6.07, 6.45) is 2.49. The Kier molecular flexibility index (Phi) is 4.41. The minimum Gasteiger partial charge on any atom is -0.507 e. The first kappa shape index (κ1) is 15.2. The molecule has 0 unspecified atom stereocenters. The van der Waals surface area contributed by atoms with Crippen LogP contribution in [-0.2, 0) is 19.3 Å². The van der Waals surface area contributed by atoms with Gasteiger partial charge in [-0.05, 0) is 53.6 Å². The topological polar surface area (TPSA) is 60.7 Å². The average Bonchev–Trinajstić information content (AvgIpc) is 2.50. The minimum absolute atomic E-state index is 0.0112. The van der Waals surface area contributed by atoms with Crippen molar-refractivity contribution in [2.75, 3.05) is 0 Å². The van der Waals surface area contributed by atoms with Gasteiger partial charge in [0.05, 0.1) is 5.56 Å².